The van der Waals surface area contributed by atoms with Gasteiger partial charge in [-0.2, -0.15) is 0 Å². The molecule has 4 N–H and O–H groups in total. The second-order valence-corrected chi connectivity index (χ2v) is 3.85. The van der Waals surface area contributed by atoms with Gasteiger partial charge in [-0.15, -0.1) is 9.79 Å². The predicted molar refractivity (Wildman–Crippen MR) is 55.0 cm³/mol. The molecule has 84 valence electrons. The summed E-state index contributed by atoms with van der Waals surface area (Å²) in [6.07, 6.45) is 0.639. The van der Waals surface area contributed by atoms with E-state index in [2.05, 4.69) is 20.5 Å². The largest absolute Gasteiger partial charge is 0.692 e. The summed E-state index contributed by atoms with van der Waals surface area (Å²) < 4.78 is 11.2. The van der Waals surface area contributed by atoms with E-state index in [0.717, 1.165) is 0 Å². The SMILES string of the molecule is CC(C)C[C@H](NBr)C(=O)O.O=[P+](O)O. The molecule has 0 aromatic rings. The molecule has 0 aliphatic rings. The summed E-state index contributed by atoms with van der Waals surface area (Å²) in [5, 5.41) is 8.53. The maximum atomic E-state index is 10.4. The van der Waals surface area contributed by atoms with E-state index in [0.29, 0.717) is 12.3 Å². The van der Waals surface area contributed by atoms with Gasteiger partial charge < -0.3 is 5.11 Å². The van der Waals surface area contributed by atoms with E-state index in [4.69, 9.17) is 19.5 Å². The molecule has 0 spiro atoms. The number of hydrogen-bond donors (Lipinski definition) is 4. The molecule has 0 amide bonds. The van der Waals surface area contributed by atoms with Crippen molar-refractivity contribution in [2.75, 3.05) is 0 Å². The first-order valence-electron chi connectivity index (χ1n) is 3.75. The first-order chi connectivity index (χ1) is 6.31. The van der Waals surface area contributed by atoms with E-state index in [1.54, 1.807) is 0 Å². The molecule has 0 heterocycles. The van der Waals surface area contributed by atoms with Crippen molar-refractivity contribution in [1.82, 2.24) is 4.34 Å². The van der Waals surface area contributed by atoms with Gasteiger partial charge in [-0.05, 0) is 12.3 Å². The Morgan fingerprint density at radius 3 is 1.93 bits per heavy atom. The second kappa shape index (κ2) is 9.48. The summed E-state index contributed by atoms with van der Waals surface area (Å²) in [7, 11) is -2.87. The molecule has 6 nitrogen and oxygen atoms in total. The average molecular weight is 291 g/mol. The molecule has 0 aliphatic heterocycles. The van der Waals surface area contributed by atoms with Crippen LogP contribution in [0, 0.1) is 5.92 Å². The van der Waals surface area contributed by atoms with Crippen LogP contribution in [0.3, 0.4) is 0 Å². The van der Waals surface area contributed by atoms with Gasteiger partial charge in [0.25, 0.3) is 0 Å². The van der Waals surface area contributed by atoms with E-state index >= 15 is 0 Å². The van der Waals surface area contributed by atoms with Crippen LogP contribution in [0.25, 0.3) is 0 Å². The van der Waals surface area contributed by atoms with E-state index in [1.807, 2.05) is 13.8 Å². The van der Waals surface area contributed by atoms with Gasteiger partial charge in [-0.3, -0.25) is 4.79 Å². The highest BCUT2D eigenvalue weighted by molar-refractivity contribution is 9.08. The molecule has 0 unspecified atom stereocenters. The zero-order valence-electron chi connectivity index (χ0n) is 7.85. The van der Waals surface area contributed by atoms with Gasteiger partial charge in [0.15, 0.2) is 0 Å². The van der Waals surface area contributed by atoms with Gasteiger partial charge in [0.2, 0.25) is 0 Å². The van der Waals surface area contributed by atoms with Crippen LogP contribution in [0.15, 0.2) is 0 Å². The predicted octanol–water partition coefficient (Wildman–Crippen LogP) is 1.01. The molecule has 0 bridgehead atoms. The van der Waals surface area contributed by atoms with Crippen LogP contribution in [-0.4, -0.2) is 26.9 Å². The number of carboxylic acids is 1. The van der Waals surface area contributed by atoms with Gasteiger partial charge in [-0.25, -0.2) is 4.34 Å². The average Bonchev–Trinajstić information content (AvgIpc) is 1.98. The van der Waals surface area contributed by atoms with Gasteiger partial charge >= 0.3 is 14.2 Å². The normalized spacial score (nSPS) is 11.6. The minimum absolute atomic E-state index is 0.395. The van der Waals surface area contributed by atoms with Crippen molar-refractivity contribution in [3.05, 3.63) is 0 Å². The minimum atomic E-state index is -2.87. The quantitative estimate of drug-likeness (QED) is 0.455. The highest BCUT2D eigenvalue weighted by atomic mass is 79.9. The van der Waals surface area contributed by atoms with Crippen molar-refractivity contribution in [3.8, 4) is 0 Å². The molecule has 0 saturated carbocycles. The summed E-state index contributed by atoms with van der Waals surface area (Å²) in [6, 6.07) is -0.472. The van der Waals surface area contributed by atoms with Crippen LogP contribution in [0.1, 0.15) is 20.3 Å². The smallest absolute Gasteiger partial charge is 0.480 e. The third kappa shape index (κ3) is 14.5. The summed E-state index contributed by atoms with van der Waals surface area (Å²) >= 11 is 2.91. The minimum Gasteiger partial charge on any atom is -0.480 e. The maximum Gasteiger partial charge on any atom is 0.692 e. The lowest BCUT2D eigenvalue weighted by molar-refractivity contribution is -0.139. The lowest BCUT2D eigenvalue weighted by atomic mass is 10.1. The maximum absolute atomic E-state index is 10.4. The topological polar surface area (TPSA) is 107 Å². The fraction of sp³-hybridized carbons (Fsp3) is 0.833. The molecular weight excluding hydrogens is 277 g/mol. The monoisotopic (exact) mass is 290 g/mol. The Balaban J connectivity index is 0. The Labute approximate surface area is 91.6 Å². The standard InChI is InChI=1S/C6H12BrNO2.HO3P/c1-4(2)3-5(8-7)6(9)10;1-4(2)3/h4-5,8H,3H2,1-2H3,(H,9,10);(H-,1,2,3)/p+1/t5-;/m0./s1. The number of rotatable bonds is 4. The van der Waals surface area contributed by atoms with Crippen LogP contribution >= 0.6 is 24.4 Å². The zero-order valence-corrected chi connectivity index (χ0v) is 10.3. The first-order valence-corrected chi connectivity index (χ1v) is 5.71. The molecule has 0 aromatic heterocycles. The fourth-order valence-corrected chi connectivity index (χ4v) is 1.05. The third-order valence-corrected chi connectivity index (χ3v) is 1.69. The van der Waals surface area contributed by atoms with Crippen LogP contribution < -0.4 is 4.34 Å². The number of halogens is 1. The lowest BCUT2D eigenvalue weighted by Crippen LogP contribution is -2.31. The number of aliphatic carboxylic acids is 1. The van der Waals surface area contributed by atoms with Crippen LogP contribution in [0.2, 0.25) is 0 Å². The Bertz CT molecular complexity index is 185. The van der Waals surface area contributed by atoms with Crippen molar-refractivity contribution in [1.29, 1.82) is 0 Å². The summed E-state index contributed by atoms with van der Waals surface area (Å²) in [5.74, 6) is -0.420. The van der Waals surface area contributed by atoms with Crippen molar-refractivity contribution < 1.29 is 24.3 Å². The van der Waals surface area contributed by atoms with Crippen LogP contribution in [-0.2, 0) is 9.36 Å². The number of carboxylic acid groups (broad SMARTS) is 1. The molecule has 0 fully saturated rings. The molecule has 1 atom stereocenters. The molecular formula is C6H14BrNO5P+. The summed E-state index contributed by atoms with van der Waals surface area (Å²) in [6.45, 7) is 3.97. The number of nitrogens with one attached hydrogen (secondary N) is 1. The summed E-state index contributed by atoms with van der Waals surface area (Å²) in [5.41, 5.74) is 0. The Morgan fingerprint density at radius 2 is 1.86 bits per heavy atom. The first kappa shape index (κ1) is 16.4. The molecule has 0 aromatic carbocycles. The lowest BCUT2D eigenvalue weighted by Gasteiger charge is -2.11. The second-order valence-electron chi connectivity index (χ2n) is 2.88. The highest BCUT2D eigenvalue weighted by Crippen LogP contribution is 2.05. The van der Waals surface area contributed by atoms with E-state index in [1.165, 1.54) is 0 Å². The van der Waals surface area contributed by atoms with Crippen molar-refractivity contribution in [2.24, 2.45) is 5.92 Å². The van der Waals surface area contributed by atoms with Gasteiger partial charge in [0.05, 0.1) is 0 Å². The van der Waals surface area contributed by atoms with Gasteiger partial charge in [0.1, 0.15) is 6.04 Å². The van der Waals surface area contributed by atoms with Gasteiger partial charge in [-0.1, -0.05) is 13.8 Å². The summed E-state index contributed by atoms with van der Waals surface area (Å²) in [4.78, 5) is 24.6. The molecule has 14 heavy (non-hydrogen) atoms. The number of hydrogen-bond acceptors (Lipinski definition) is 3. The van der Waals surface area contributed by atoms with Crippen molar-refractivity contribution in [3.63, 3.8) is 0 Å². The molecule has 8 heteroatoms. The van der Waals surface area contributed by atoms with E-state index in [-0.39, 0.29) is 0 Å². The van der Waals surface area contributed by atoms with Crippen LogP contribution in [0.4, 0.5) is 0 Å². The highest BCUT2D eigenvalue weighted by Gasteiger charge is 2.16. The number of carbonyl (C=O) groups is 1. The molecule has 0 rings (SSSR count). The molecule has 0 aliphatic carbocycles. The van der Waals surface area contributed by atoms with E-state index < -0.39 is 20.3 Å². The third-order valence-electron chi connectivity index (χ3n) is 1.14. The van der Waals surface area contributed by atoms with Crippen molar-refractivity contribution in [2.45, 2.75) is 26.3 Å². The Kier molecular flexibility index (Phi) is 11.1. The Hall–Kier alpha value is -0.0700. The Morgan fingerprint density at radius 1 is 1.50 bits per heavy atom. The van der Waals surface area contributed by atoms with Crippen molar-refractivity contribution >= 4 is 30.4 Å². The van der Waals surface area contributed by atoms with Crippen LogP contribution in [0.5, 0.6) is 0 Å². The van der Waals surface area contributed by atoms with Gasteiger partial charge in [0, 0.05) is 20.7 Å². The molecule has 0 radical (unpaired) electrons. The zero-order chi connectivity index (χ0) is 11.7. The fourth-order valence-electron chi connectivity index (χ4n) is 0.663. The van der Waals surface area contributed by atoms with E-state index in [9.17, 15) is 4.79 Å². The molecule has 0 saturated heterocycles.